The second-order valence-electron chi connectivity index (χ2n) is 7.43. The smallest absolute Gasteiger partial charge is 0.408 e. The van der Waals surface area contributed by atoms with Crippen LogP contribution >= 0.6 is 0 Å². The Balaban J connectivity index is 1.59. The maximum absolute atomic E-state index is 13.1. The standard InChI is InChI=1S/C22H23FN2O3/c23-17-10-7-15(8-11-17)14-25-19-13-16(9-12-20(19)28-22(25)27)21(26)24-18-5-3-1-2-4-6-18/h7-13,18H,1-6,14H2,(H,24,26). The summed E-state index contributed by atoms with van der Waals surface area (Å²) in [5.74, 6) is -0.956. The Labute approximate surface area is 162 Å². The number of nitrogens with one attached hydrogen (secondary N) is 1. The predicted molar refractivity (Wildman–Crippen MR) is 105 cm³/mol. The van der Waals surface area contributed by atoms with Crippen molar-refractivity contribution in [3.05, 3.63) is 70.0 Å². The van der Waals surface area contributed by atoms with Gasteiger partial charge in [0.25, 0.3) is 5.91 Å². The number of benzene rings is 2. The zero-order valence-electron chi connectivity index (χ0n) is 15.6. The van der Waals surface area contributed by atoms with E-state index in [1.807, 2.05) is 0 Å². The average molecular weight is 382 g/mol. The van der Waals surface area contributed by atoms with Crippen molar-refractivity contribution >= 4 is 17.0 Å². The highest BCUT2D eigenvalue weighted by Crippen LogP contribution is 2.20. The molecule has 1 N–H and O–H groups in total. The molecule has 3 aromatic rings. The van der Waals surface area contributed by atoms with Gasteiger partial charge < -0.3 is 9.73 Å². The number of aromatic nitrogens is 1. The number of fused-ring (bicyclic) bond motifs is 1. The zero-order valence-corrected chi connectivity index (χ0v) is 15.6. The van der Waals surface area contributed by atoms with Crippen molar-refractivity contribution in [3.63, 3.8) is 0 Å². The molecule has 28 heavy (non-hydrogen) atoms. The van der Waals surface area contributed by atoms with E-state index < -0.39 is 5.76 Å². The molecule has 1 amide bonds. The molecule has 1 aromatic heterocycles. The molecule has 1 aliphatic rings. The van der Waals surface area contributed by atoms with E-state index in [1.54, 1.807) is 30.3 Å². The Hall–Kier alpha value is -2.89. The first-order chi connectivity index (χ1) is 13.6. The number of carbonyl (C=O) groups is 1. The number of hydrogen-bond acceptors (Lipinski definition) is 3. The molecule has 2 aromatic carbocycles. The summed E-state index contributed by atoms with van der Waals surface area (Å²) in [6, 6.07) is 11.2. The molecule has 1 fully saturated rings. The summed E-state index contributed by atoms with van der Waals surface area (Å²) < 4.78 is 19.9. The highest BCUT2D eigenvalue weighted by atomic mass is 19.1. The fraction of sp³-hybridized carbons (Fsp3) is 0.364. The van der Waals surface area contributed by atoms with E-state index in [9.17, 15) is 14.0 Å². The van der Waals surface area contributed by atoms with Crippen LogP contribution in [0.1, 0.15) is 54.4 Å². The van der Waals surface area contributed by atoms with Crippen molar-refractivity contribution in [1.29, 1.82) is 0 Å². The highest BCUT2D eigenvalue weighted by molar-refractivity contribution is 5.97. The van der Waals surface area contributed by atoms with Gasteiger partial charge in [-0.25, -0.2) is 9.18 Å². The molecule has 0 atom stereocenters. The molecule has 1 saturated carbocycles. The predicted octanol–water partition coefficient (Wildman–Crippen LogP) is 4.23. The summed E-state index contributed by atoms with van der Waals surface area (Å²) in [5.41, 5.74) is 2.27. The maximum atomic E-state index is 13.1. The summed E-state index contributed by atoms with van der Waals surface area (Å²) in [6.07, 6.45) is 6.75. The van der Waals surface area contributed by atoms with Gasteiger partial charge >= 0.3 is 5.76 Å². The molecule has 6 heteroatoms. The molecule has 1 aliphatic carbocycles. The Morgan fingerprint density at radius 3 is 2.50 bits per heavy atom. The second kappa shape index (κ2) is 8.00. The molecule has 5 nitrogen and oxygen atoms in total. The Bertz CT molecular complexity index is 1030. The van der Waals surface area contributed by atoms with Gasteiger partial charge in [-0.3, -0.25) is 9.36 Å². The Morgan fingerprint density at radius 1 is 1.07 bits per heavy atom. The first-order valence-corrected chi connectivity index (χ1v) is 9.79. The van der Waals surface area contributed by atoms with Crippen LogP contribution in [0.2, 0.25) is 0 Å². The first-order valence-electron chi connectivity index (χ1n) is 9.79. The molecule has 4 rings (SSSR count). The van der Waals surface area contributed by atoms with Crippen LogP contribution in [0.25, 0.3) is 11.1 Å². The minimum absolute atomic E-state index is 0.129. The third-order valence-corrected chi connectivity index (χ3v) is 5.37. The van der Waals surface area contributed by atoms with E-state index >= 15 is 0 Å². The van der Waals surface area contributed by atoms with Gasteiger partial charge in [-0.1, -0.05) is 37.8 Å². The molecule has 0 saturated heterocycles. The summed E-state index contributed by atoms with van der Waals surface area (Å²) in [7, 11) is 0. The monoisotopic (exact) mass is 382 g/mol. The number of rotatable bonds is 4. The van der Waals surface area contributed by atoms with Crippen molar-refractivity contribution in [2.24, 2.45) is 0 Å². The topological polar surface area (TPSA) is 64.2 Å². The molecule has 0 radical (unpaired) electrons. The van der Waals surface area contributed by atoms with E-state index in [2.05, 4.69) is 5.32 Å². The molecular formula is C22H23FN2O3. The van der Waals surface area contributed by atoms with Crippen LogP contribution in [0, 0.1) is 5.82 Å². The van der Waals surface area contributed by atoms with E-state index in [0.29, 0.717) is 16.7 Å². The van der Waals surface area contributed by atoms with Crippen LogP contribution in [0.5, 0.6) is 0 Å². The van der Waals surface area contributed by atoms with Gasteiger partial charge in [-0.2, -0.15) is 0 Å². The lowest BCUT2D eigenvalue weighted by atomic mass is 10.1. The van der Waals surface area contributed by atoms with Crippen LogP contribution in [-0.4, -0.2) is 16.5 Å². The number of oxazole rings is 1. The molecule has 0 spiro atoms. The highest BCUT2D eigenvalue weighted by Gasteiger charge is 2.18. The number of amides is 1. The summed E-state index contributed by atoms with van der Waals surface area (Å²) in [6.45, 7) is 0.250. The van der Waals surface area contributed by atoms with Gasteiger partial charge in [-0.05, 0) is 48.7 Å². The molecule has 0 bridgehead atoms. The number of halogens is 1. The van der Waals surface area contributed by atoms with Crippen molar-refractivity contribution < 1.29 is 13.6 Å². The molecular weight excluding hydrogens is 359 g/mol. The van der Waals surface area contributed by atoms with Gasteiger partial charge in [0, 0.05) is 11.6 Å². The van der Waals surface area contributed by atoms with Crippen molar-refractivity contribution in [2.75, 3.05) is 0 Å². The van der Waals surface area contributed by atoms with E-state index in [-0.39, 0.29) is 24.3 Å². The third-order valence-electron chi connectivity index (χ3n) is 5.37. The van der Waals surface area contributed by atoms with Gasteiger partial charge in [0.1, 0.15) is 5.82 Å². The lowest BCUT2D eigenvalue weighted by Gasteiger charge is -2.16. The van der Waals surface area contributed by atoms with Gasteiger partial charge in [0.15, 0.2) is 5.58 Å². The second-order valence-corrected chi connectivity index (χ2v) is 7.43. The minimum atomic E-state index is -0.499. The first kappa shape index (κ1) is 18.5. The Kier molecular flexibility index (Phi) is 5.28. The third kappa shape index (κ3) is 4.01. The summed E-state index contributed by atoms with van der Waals surface area (Å²) in [5, 5.41) is 3.12. The number of carbonyl (C=O) groups excluding carboxylic acids is 1. The zero-order chi connectivity index (χ0) is 19.5. The maximum Gasteiger partial charge on any atom is 0.420 e. The van der Waals surface area contributed by atoms with Gasteiger partial charge in [0.05, 0.1) is 12.1 Å². The van der Waals surface area contributed by atoms with Crippen LogP contribution in [0.3, 0.4) is 0 Å². The summed E-state index contributed by atoms with van der Waals surface area (Å²) in [4.78, 5) is 25.0. The van der Waals surface area contributed by atoms with Crippen molar-refractivity contribution in [3.8, 4) is 0 Å². The SMILES string of the molecule is O=C(NC1CCCCCC1)c1ccc2oc(=O)n(Cc3ccc(F)cc3)c2c1. The average Bonchev–Trinajstić information content (AvgIpc) is 2.85. The summed E-state index contributed by atoms with van der Waals surface area (Å²) >= 11 is 0. The van der Waals surface area contributed by atoms with E-state index in [1.165, 1.54) is 29.5 Å². The lowest BCUT2D eigenvalue weighted by Crippen LogP contribution is -2.34. The normalized spacial score (nSPS) is 15.5. The van der Waals surface area contributed by atoms with Crippen LogP contribution in [-0.2, 0) is 6.54 Å². The van der Waals surface area contributed by atoms with E-state index in [0.717, 1.165) is 31.2 Å². The van der Waals surface area contributed by atoms with Crippen LogP contribution < -0.4 is 11.1 Å². The van der Waals surface area contributed by atoms with E-state index in [4.69, 9.17) is 4.42 Å². The molecule has 0 unspecified atom stereocenters. The van der Waals surface area contributed by atoms with Crippen molar-refractivity contribution in [1.82, 2.24) is 9.88 Å². The largest absolute Gasteiger partial charge is 0.420 e. The lowest BCUT2D eigenvalue weighted by molar-refractivity contribution is 0.0933. The quantitative estimate of drug-likeness (QED) is 0.687. The number of nitrogens with zero attached hydrogens (tertiary/aromatic N) is 1. The minimum Gasteiger partial charge on any atom is -0.408 e. The van der Waals surface area contributed by atoms with Gasteiger partial charge in [-0.15, -0.1) is 0 Å². The molecule has 146 valence electrons. The fourth-order valence-electron chi connectivity index (χ4n) is 3.82. The Morgan fingerprint density at radius 2 is 1.79 bits per heavy atom. The van der Waals surface area contributed by atoms with Gasteiger partial charge in [0.2, 0.25) is 0 Å². The molecule has 0 aliphatic heterocycles. The fourth-order valence-corrected chi connectivity index (χ4v) is 3.82. The number of hydrogen-bond donors (Lipinski definition) is 1. The van der Waals surface area contributed by atoms with Crippen LogP contribution in [0.4, 0.5) is 4.39 Å². The molecule has 1 heterocycles. The van der Waals surface area contributed by atoms with Crippen LogP contribution in [0.15, 0.2) is 51.7 Å². The van der Waals surface area contributed by atoms with Crippen molar-refractivity contribution in [2.45, 2.75) is 51.1 Å².